The van der Waals surface area contributed by atoms with Crippen LogP contribution in [-0.2, 0) is 11.2 Å². The zero-order valence-electron chi connectivity index (χ0n) is 18.6. The summed E-state index contributed by atoms with van der Waals surface area (Å²) in [6, 6.07) is 21.7. The minimum absolute atomic E-state index is 0.0665. The van der Waals surface area contributed by atoms with E-state index in [1.165, 1.54) is 5.56 Å². The van der Waals surface area contributed by atoms with Crippen molar-refractivity contribution >= 4 is 11.6 Å². The largest absolute Gasteiger partial charge is 0.495 e. The Kier molecular flexibility index (Phi) is 6.61. The van der Waals surface area contributed by atoms with Gasteiger partial charge in [0.05, 0.1) is 39.6 Å². The summed E-state index contributed by atoms with van der Waals surface area (Å²) in [7, 11) is 4.89. The van der Waals surface area contributed by atoms with Gasteiger partial charge >= 0.3 is 0 Å². The van der Waals surface area contributed by atoms with Gasteiger partial charge in [0.15, 0.2) is 11.5 Å². The molecule has 1 aliphatic rings. The summed E-state index contributed by atoms with van der Waals surface area (Å²) in [5.74, 6) is 1.97. The van der Waals surface area contributed by atoms with Crippen LogP contribution in [0.3, 0.4) is 0 Å². The zero-order valence-corrected chi connectivity index (χ0v) is 18.6. The van der Waals surface area contributed by atoms with Crippen LogP contribution < -0.4 is 19.5 Å². The molecule has 166 valence electrons. The standard InChI is InChI=1S/C26H28N2O4/c1-30-22-12-8-7-11-21(22)27-25(29)17-28-14-13-19-15-23(31-2)24(32-3)16-20(19)26(28)18-9-5-4-6-10-18/h4-12,15-16,26H,13-14,17H2,1-3H3,(H,27,29). The molecule has 32 heavy (non-hydrogen) atoms. The van der Waals surface area contributed by atoms with Crippen molar-refractivity contribution in [3.8, 4) is 17.2 Å². The van der Waals surface area contributed by atoms with Crippen molar-refractivity contribution in [3.05, 3.63) is 83.4 Å². The number of anilines is 1. The first-order valence-corrected chi connectivity index (χ1v) is 10.6. The topological polar surface area (TPSA) is 60.0 Å². The Morgan fingerprint density at radius 1 is 0.906 bits per heavy atom. The van der Waals surface area contributed by atoms with Gasteiger partial charge in [0.2, 0.25) is 5.91 Å². The number of amides is 1. The van der Waals surface area contributed by atoms with E-state index in [1.807, 2.05) is 48.5 Å². The fourth-order valence-electron chi connectivity index (χ4n) is 4.32. The van der Waals surface area contributed by atoms with E-state index in [1.54, 1.807) is 21.3 Å². The number of hydrogen-bond donors (Lipinski definition) is 1. The van der Waals surface area contributed by atoms with Crippen LogP contribution >= 0.6 is 0 Å². The van der Waals surface area contributed by atoms with Gasteiger partial charge in [-0.15, -0.1) is 0 Å². The average Bonchev–Trinajstić information content (AvgIpc) is 2.83. The molecule has 0 bridgehead atoms. The Balaban J connectivity index is 1.65. The number of fused-ring (bicyclic) bond motifs is 1. The summed E-state index contributed by atoms with van der Waals surface area (Å²) in [6.07, 6.45) is 0.820. The Bertz CT molecular complexity index is 1080. The van der Waals surface area contributed by atoms with Crippen molar-refractivity contribution in [1.82, 2.24) is 4.90 Å². The molecule has 0 saturated heterocycles. The second kappa shape index (κ2) is 9.75. The summed E-state index contributed by atoms with van der Waals surface area (Å²) in [5, 5.41) is 3.00. The first kappa shape index (κ1) is 21.7. The van der Waals surface area contributed by atoms with Gasteiger partial charge in [-0.05, 0) is 47.4 Å². The molecule has 1 atom stereocenters. The molecule has 4 rings (SSSR count). The number of nitrogens with zero attached hydrogens (tertiary/aromatic N) is 1. The summed E-state index contributed by atoms with van der Waals surface area (Å²) in [4.78, 5) is 15.2. The highest BCUT2D eigenvalue weighted by Crippen LogP contribution is 2.40. The number of benzene rings is 3. The number of carbonyl (C=O) groups is 1. The molecule has 0 aliphatic carbocycles. The molecule has 0 radical (unpaired) electrons. The van der Waals surface area contributed by atoms with Crippen molar-refractivity contribution in [3.63, 3.8) is 0 Å². The van der Waals surface area contributed by atoms with E-state index in [-0.39, 0.29) is 18.5 Å². The summed E-state index contributed by atoms with van der Waals surface area (Å²) in [5.41, 5.74) is 4.13. The molecule has 0 saturated carbocycles. The van der Waals surface area contributed by atoms with Crippen LogP contribution in [0.2, 0.25) is 0 Å². The van der Waals surface area contributed by atoms with E-state index >= 15 is 0 Å². The van der Waals surface area contributed by atoms with E-state index < -0.39 is 0 Å². The fraction of sp³-hybridized carbons (Fsp3) is 0.269. The number of methoxy groups -OCH3 is 3. The number of rotatable bonds is 7. The monoisotopic (exact) mass is 432 g/mol. The molecule has 6 nitrogen and oxygen atoms in total. The highest BCUT2D eigenvalue weighted by molar-refractivity contribution is 5.93. The molecule has 1 N–H and O–H groups in total. The third-order valence-corrected chi connectivity index (χ3v) is 5.82. The molecule has 1 heterocycles. The summed E-state index contributed by atoms with van der Waals surface area (Å²) in [6.45, 7) is 1.01. The maximum Gasteiger partial charge on any atom is 0.238 e. The average molecular weight is 433 g/mol. The van der Waals surface area contributed by atoms with Crippen LogP contribution in [0.25, 0.3) is 0 Å². The van der Waals surface area contributed by atoms with Crippen molar-refractivity contribution in [2.75, 3.05) is 39.7 Å². The van der Waals surface area contributed by atoms with Crippen LogP contribution in [0.5, 0.6) is 17.2 Å². The Hall–Kier alpha value is -3.51. The Morgan fingerprint density at radius 2 is 1.56 bits per heavy atom. The van der Waals surface area contributed by atoms with Gasteiger partial charge in [0.1, 0.15) is 5.75 Å². The van der Waals surface area contributed by atoms with E-state index in [9.17, 15) is 4.79 Å². The molecular weight excluding hydrogens is 404 g/mol. The van der Waals surface area contributed by atoms with Crippen molar-refractivity contribution in [1.29, 1.82) is 0 Å². The molecule has 1 unspecified atom stereocenters. The lowest BCUT2D eigenvalue weighted by atomic mass is 9.87. The van der Waals surface area contributed by atoms with Crippen LogP contribution in [-0.4, -0.2) is 45.2 Å². The van der Waals surface area contributed by atoms with Gasteiger partial charge in [-0.3, -0.25) is 9.69 Å². The maximum absolute atomic E-state index is 13.0. The smallest absolute Gasteiger partial charge is 0.238 e. The van der Waals surface area contributed by atoms with Crippen LogP contribution in [0.1, 0.15) is 22.7 Å². The van der Waals surface area contributed by atoms with E-state index in [0.717, 1.165) is 29.8 Å². The molecule has 0 aromatic heterocycles. The lowest BCUT2D eigenvalue weighted by molar-refractivity contribution is -0.117. The number of carbonyl (C=O) groups excluding carboxylic acids is 1. The Morgan fingerprint density at radius 3 is 2.28 bits per heavy atom. The third kappa shape index (κ3) is 4.41. The lowest BCUT2D eigenvalue weighted by Gasteiger charge is -2.37. The summed E-state index contributed by atoms with van der Waals surface area (Å²) >= 11 is 0. The Labute approximate surface area is 188 Å². The van der Waals surface area contributed by atoms with Crippen LogP contribution in [0.15, 0.2) is 66.7 Å². The third-order valence-electron chi connectivity index (χ3n) is 5.82. The SMILES string of the molecule is COc1ccccc1NC(=O)CN1CCc2cc(OC)c(OC)cc2C1c1ccccc1. The zero-order chi connectivity index (χ0) is 22.5. The van der Waals surface area contributed by atoms with Gasteiger partial charge < -0.3 is 19.5 Å². The van der Waals surface area contributed by atoms with Gasteiger partial charge in [-0.2, -0.15) is 0 Å². The quantitative estimate of drug-likeness (QED) is 0.603. The second-order valence-corrected chi connectivity index (χ2v) is 7.69. The van der Waals surface area contributed by atoms with Crippen LogP contribution in [0.4, 0.5) is 5.69 Å². The van der Waals surface area contributed by atoms with E-state index in [2.05, 4.69) is 28.4 Å². The van der Waals surface area contributed by atoms with Gasteiger partial charge in [0.25, 0.3) is 0 Å². The second-order valence-electron chi connectivity index (χ2n) is 7.69. The lowest BCUT2D eigenvalue weighted by Crippen LogP contribution is -2.41. The van der Waals surface area contributed by atoms with E-state index in [0.29, 0.717) is 17.2 Å². The molecule has 0 spiro atoms. The highest BCUT2D eigenvalue weighted by Gasteiger charge is 2.31. The first-order chi connectivity index (χ1) is 15.6. The number of para-hydroxylation sites is 2. The summed E-state index contributed by atoms with van der Waals surface area (Å²) < 4.78 is 16.4. The van der Waals surface area contributed by atoms with Crippen LogP contribution in [0, 0.1) is 0 Å². The van der Waals surface area contributed by atoms with Crippen molar-refractivity contribution < 1.29 is 19.0 Å². The molecule has 1 aliphatic heterocycles. The minimum atomic E-state index is -0.0839. The van der Waals surface area contributed by atoms with Gasteiger partial charge in [-0.1, -0.05) is 42.5 Å². The highest BCUT2D eigenvalue weighted by atomic mass is 16.5. The van der Waals surface area contributed by atoms with Gasteiger partial charge in [0, 0.05) is 6.54 Å². The normalized spacial score (nSPS) is 15.5. The molecule has 6 heteroatoms. The molecule has 1 amide bonds. The number of nitrogens with one attached hydrogen (secondary N) is 1. The van der Waals surface area contributed by atoms with Crippen molar-refractivity contribution in [2.45, 2.75) is 12.5 Å². The van der Waals surface area contributed by atoms with E-state index in [4.69, 9.17) is 14.2 Å². The molecular formula is C26H28N2O4. The maximum atomic E-state index is 13.0. The van der Waals surface area contributed by atoms with Crippen molar-refractivity contribution in [2.24, 2.45) is 0 Å². The molecule has 3 aromatic rings. The number of ether oxygens (including phenoxy) is 3. The predicted molar refractivity (Wildman–Crippen MR) is 125 cm³/mol. The minimum Gasteiger partial charge on any atom is -0.495 e. The fourth-order valence-corrected chi connectivity index (χ4v) is 4.32. The predicted octanol–water partition coefficient (Wildman–Crippen LogP) is 4.30. The van der Waals surface area contributed by atoms with Gasteiger partial charge in [-0.25, -0.2) is 0 Å². The molecule has 0 fully saturated rings. The molecule has 3 aromatic carbocycles. The number of hydrogen-bond acceptors (Lipinski definition) is 5. The first-order valence-electron chi connectivity index (χ1n) is 10.6.